The van der Waals surface area contributed by atoms with Crippen LogP contribution in [0, 0.1) is 0 Å². The number of aromatic amines is 1. The Labute approximate surface area is 98.5 Å². The van der Waals surface area contributed by atoms with Crippen LogP contribution in [0.2, 0.25) is 0 Å². The van der Waals surface area contributed by atoms with E-state index in [2.05, 4.69) is 20.4 Å². The van der Waals surface area contributed by atoms with Gasteiger partial charge in [-0.1, -0.05) is 12.1 Å². The average molecular weight is 227 g/mol. The van der Waals surface area contributed by atoms with Gasteiger partial charge in [0.1, 0.15) is 0 Å². The third-order valence-electron chi connectivity index (χ3n) is 2.61. The average Bonchev–Trinajstić information content (AvgIpc) is 2.91. The summed E-state index contributed by atoms with van der Waals surface area (Å²) in [5.41, 5.74) is 3.15. The summed E-state index contributed by atoms with van der Waals surface area (Å²) >= 11 is 0. The number of para-hydroxylation sites is 2. The molecule has 17 heavy (non-hydrogen) atoms. The number of hydrogen-bond donors (Lipinski definition) is 2. The maximum atomic E-state index is 4.44. The molecule has 0 radical (unpaired) electrons. The van der Waals surface area contributed by atoms with Crippen molar-refractivity contribution in [2.45, 2.75) is 6.54 Å². The van der Waals surface area contributed by atoms with Crippen LogP contribution >= 0.6 is 0 Å². The number of aryl methyl sites for hydroxylation is 1. The predicted octanol–water partition coefficient (Wildman–Crippen LogP) is 1.91. The Morgan fingerprint density at radius 2 is 2.24 bits per heavy atom. The van der Waals surface area contributed by atoms with E-state index >= 15 is 0 Å². The van der Waals surface area contributed by atoms with Crippen molar-refractivity contribution in [2.24, 2.45) is 7.05 Å². The van der Waals surface area contributed by atoms with Crippen LogP contribution < -0.4 is 5.32 Å². The first-order chi connectivity index (χ1) is 8.31. The topological polar surface area (TPSA) is 58.5 Å². The highest BCUT2D eigenvalue weighted by Gasteiger charge is 2.01. The number of rotatable bonds is 3. The molecule has 0 aliphatic rings. The smallest absolute Gasteiger partial charge is 0.201 e. The lowest BCUT2D eigenvalue weighted by Gasteiger charge is -1.98. The number of nitrogens with one attached hydrogen (secondary N) is 2. The van der Waals surface area contributed by atoms with Crippen molar-refractivity contribution in [3.05, 3.63) is 42.2 Å². The van der Waals surface area contributed by atoms with Crippen LogP contribution in [0.1, 0.15) is 5.56 Å². The monoisotopic (exact) mass is 227 g/mol. The fraction of sp³-hybridized carbons (Fsp3) is 0.167. The zero-order valence-electron chi connectivity index (χ0n) is 9.51. The van der Waals surface area contributed by atoms with E-state index in [4.69, 9.17) is 0 Å². The molecule has 1 aromatic carbocycles. The molecule has 0 fully saturated rings. The Bertz CT molecular complexity index is 604. The van der Waals surface area contributed by atoms with Crippen LogP contribution in [0.5, 0.6) is 0 Å². The van der Waals surface area contributed by atoms with Gasteiger partial charge in [-0.15, -0.1) is 0 Å². The highest BCUT2D eigenvalue weighted by molar-refractivity contribution is 5.77. The van der Waals surface area contributed by atoms with Crippen molar-refractivity contribution in [1.29, 1.82) is 0 Å². The van der Waals surface area contributed by atoms with Crippen LogP contribution in [-0.2, 0) is 13.6 Å². The molecule has 3 rings (SSSR count). The third kappa shape index (κ3) is 1.99. The summed E-state index contributed by atoms with van der Waals surface area (Å²) in [7, 11) is 1.91. The number of benzene rings is 1. The van der Waals surface area contributed by atoms with Crippen molar-refractivity contribution in [3.8, 4) is 0 Å². The molecule has 0 unspecified atom stereocenters. The van der Waals surface area contributed by atoms with E-state index < -0.39 is 0 Å². The first-order valence-corrected chi connectivity index (χ1v) is 5.47. The van der Waals surface area contributed by atoms with Crippen LogP contribution in [-0.4, -0.2) is 19.7 Å². The Balaban J connectivity index is 1.76. The van der Waals surface area contributed by atoms with Crippen molar-refractivity contribution in [2.75, 3.05) is 5.32 Å². The molecular weight excluding hydrogens is 214 g/mol. The molecule has 0 atom stereocenters. The highest BCUT2D eigenvalue weighted by Crippen LogP contribution is 2.13. The van der Waals surface area contributed by atoms with E-state index in [1.165, 1.54) is 0 Å². The van der Waals surface area contributed by atoms with Crippen molar-refractivity contribution in [3.63, 3.8) is 0 Å². The van der Waals surface area contributed by atoms with E-state index in [1.54, 1.807) is 4.68 Å². The van der Waals surface area contributed by atoms with Gasteiger partial charge in [0.2, 0.25) is 5.95 Å². The van der Waals surface area contributed by atoms with Gasteiger partial charge in [0, 0.05) is 25.4 Å². The molecule has 0 saturated carbocycles. The predicted molar refractivity (Wildman–Crippen MR) is 66.6 cm³/mol. The normalized spacial score (nSPS) is 10.9. The molecule has 0 bridgehead atoms. The van der Waals surface area contributed by atoms with Crippen LogP contribution in [0.4, 0.5) is 5.95 Å². The fourth-order valence-corrected chi connectivity index (χ4v) is 1.79. The molecule has 2 heterocycles. The van der Waals surface area contributed by atoms with E-state index in [9.17, 15) is 0 Å². The summed E-state index contributed by atoms with van der Waals surface area (Å²) in [6.45, 7) is 0.716. The van der Waals surface area contributed by atoms with Gasteiger partial charge < -0.3 is 10.3 Å². The summed E-state index contributed by atoms with van der Waals surface area (Å²) in [6, 6.07) is 7.97. The number of imidazole rings is 1. The van der Waals surface area contributed by atoms with Crippen LogP contribution in [0.15, 0.2) is 36.7 Å². The van der Waals surface area contributed by atoms with Gasteiger partial charge in [-0.05, 0) is 12.1 Å². The molecule has 2 aromatic heterocycles. The second-order valence-electron chi connectivity index (χ2n) is 3.98. The van der Waals surface area contributed by atoms with E-state index in [1.807, 2.05) is 43.7 Å². The van der Waals surface area contributed by atoms with E-state index in [0.717, 1.165) is 22.5 Å². The summed E-state index contributed by atoms with van der Waals surface area (Å²) in [5, 5.41) is 7.36. The first kappa shape index (κ1) is 9.89. The number of fused-ring (bicyclic) bond motifs is 1. The van der Waals surface area contributed by atoms with Gasteiger partial charge in [-0.3, -0.25) is 4.68 Å². The van der Waals surface area contributed by atoms with Gasteiger partial charge in [0.25, 0.3) is 0 Å². The Hall–Kier alpha value is -2.30. The summed E-state index contributed by atoms with van der Waals surface area (Å²) < 4.78 is 1.79. The van der Waals surface area contributed by atoms with E-state index in [-0.39, 0.29) is 0 Å². The molecular formula is C12H13N5. The molecule has 2 N–H and O–H groups in total. The van der Waals surface area contributed by atoms with Crippen LogP contribution in [0.3, 0.4) is 0 Å². The molecule has 3 aromatic rings. The van der Waals surface area contributed by atoms with Gasteiger partial charge in [0.05, 0.1) is 17.2 Å². The molecule has 0 saturated heterocycles. The maximum absolute atomic E-state index is 4.44. The Morgan fingerprint density at radius 1 is 1.35 bits per heavy atom. The Morgan fingerprint density at radius 3 is 3.00 bits per heavy atom. The Kier molecular flexibility index (Phi) is 2.29. The van der Waals surface area contributed by atoms with E-state index in [0.29, 0.717) is 6.54 Å². The third-order valence-corrected chi connectivity index (χ3v) is 2.61. The molecule has 0 spiro atoms. The zero-order valence-corrected chi connectivity index (χ0v) is 9.51. The lowest BCUT2D eigenvalue weighted by atomic mass is 10.3. The first-order valence-electron chi connectivity index (χ1n) is 5.47. The molecule has 0 aliphatic carbocycles. The van der Waals surface area contributed by atoms with Gasteiger partial charge in [-0.2, -0.15) is 5.10 Å². The van der Waals surface area contributed by atoms with Gasteiger partial charge >= 0.3 is 0 Å². The maximum Gasteiger partial charge on any atom is 0.201 e. The number of hydrogen-bond acceptors (Lipinski definition) is 3. The van der Waals surface area contributed by atoms with Gasteiger partial charge in [-0.25, -0.2) is 4.98 Å². The molecule has 0 aliphatic heterocycles. The quantitative estimate of drug-likeness (QED) is 0.718. The molecule has 5 nitrogen and oxygen atoms in total. The number of nitrogens with zero attached hydrogens (tertiary/aromatic N) is 3. The second-order valence-corrected chi connectivity index (χ2v) is 3.98. The molecule has 0 amide bonds. The van der Waals surface area contributed by atoms with Crippen molar-refractivity contribution >= 4 is 17.0 Å². The standard InChI is InChI=1S/C12H13N5/c1-17-8-9(7-14-17)6-13-12-15-10-4-2-3-5-11(10)16-12/h2-5,7-8H,6H2,1H3,(H2,13,15,16). The van der Waals surface area contributed by atoms with Gasteiger partial charge in [0.15, 0.2) is 0 Å². The highest BCUT2D eigenvalue weighted by atomic mass is 15.2. The summed E-state index contributed by atoms with van der Waals surface area (Å²) in [5.74, 6) is 0.787. The SMILES string of the molecule is Cn1cc(CNc2nc3ccccc3[nH]2)cn1. The lowest BCUT2D eigenvalue weighted by molar-refractivity contribution is 0.767. The summed E-state index contributed by atoms with van der Waals surface area (Å²) in [4.78, 5) is 7.66. The minimum atomic E-state index is 0.716. The fourth-order valence-electron chi connectivity index (χ4n) is 1.79. The largest absolute Gasteiger partial charge is 0.352 e. The minimum Gasteiger partial charge on any atom is -0.352 e. The van der Waals surface area contributed by atoms with Crippen molar-refractivity contribution in [1.82, 2.24) is 19.7 Å². The van der Waals surface area contributed by atoms with Crippen molar-refractivity contribution < 1.29 is 0 Å². The molecule has 86 valence electrons. The number of aromatic nitrogens is 4. The summed E-state index contributed by atoms with van der Waals surface area (Å²) in [6.07, 6.45) is 3.82. The zero-order chi connectivity index (χ0) is 11.7. The lowest BCUT2D eigenvalue weighted by Crippen LogP contribution is -1.99. The minimum absolute atomic E-state index is 0.716. The number of H-pyrrole nitrogens is 1. The second kappa shape index (κ2) is 3.93. The van der Waals surface area contributed by atoms with Crippen LogP contribution in [0.25, 0.3) is 11.0 Å². The number of anilines is 1. The molecule has 5 heteroatoms.